The molecular formula is C15H19N5. The summed E-state index contributed by atoms with van der Waals surface area (Å²) in [4.78, 5) is 13.3. The first kappa shape index (κ1) is 12.8. The van der Waals surface area contributed by atoms with E-state index in [9.17, 15) is 0 Å². The lowest BCUT2D eigenvalue weighted by molar-refractivity contribution is 0.913. The van der Waals surface area contributed by atoms with Gasteiger partial charge in [0, 0.05) is 37.5 Å². The van der Waals surface area contributed by atoms with Gasteiger partial charge in [0.05, 0.1) is 0 Å². The van der Waals surface area contributed by atoms with Gasteiger partial charge in [0.15, 0.2) is 0 Å². The van der Waals surface area contributed by atoms with E-state index >= 15 is 0 Å². The van der Waals surface area contributed by atoms with E-state index in [0.29, 0.717) is 5.92 Å². The zero-order valence-corrected chi connectivity index (χ0v) is 11.8. The second-order valence-corrected chi connectivity index (χ2v) is 5.14. The van der Waals surface area contributed by atoms with Crippen LogP contribution in [0.2, 0.25) is 0 Å². The highest BCUT2D eigenvalue weighted by atomic mass is 15.1. The van der Waals surface area contributed by atoms with Crippen molar-refractivity contribution in [2.45, 2.75) is 32.2 Å². The summed E-state index contributed by atoms with van der Waals surface area (Å²) < 4.78 is 0. The third-order valence-corrected chi connectivity index (χ3v) is 3.55. The molecule has 0 spiro atoms. The predicted octanol–water partition coefficient (Wildman–Crippen LogP) is 2.71. The largest absolute Gasteiger partial charge is 0.373 e. The second-order valence-electron chi connectivity index (χ2n) is 5.14. The number of hydrogen-bond donors (Lipinski definition) is 2. The van der Waals surface area contributed by atoms with Crippen molar-refractivity contribution in [1.29, 1.82) is 0 Å². The fourth-order valence-corrected chi connectivity index (χ4v) is 2.16. The van der Waals surface area contributed by atoms with E-state index in [0.717, 1.165) is 29.6 Å². The average molecular weight is 269 g/mol. The molecule has 0 aliphatic heterocycles. The van der Waals surface area contributed by atoms with Crippen LogP contribution < -0.4 is 10.6 Å². The molecule has 3 rings (SSSR count). The van der Waals surface area contributed by atoms with E-state index < -0.39 is 0 Å². The van der Waals surface area contributed by atoms with Crippen molar-refractivity contribution in [3.05, 3.63) is 41.5 Å². The van der Waals surface area contributed by atoms with Gasteiger partial charge in [-0.15, -0.1) is 0 Å². The normalized spacial score (nSPS) is 14.1. The first-order valence-electron chi connectivity index (χ1n) is 6.97. The third-order valence-electron chi connectivity index (χ3n) is 3.55. The van der Waals surface area contributed by atoms with Gasteiger partial charge in [0.2, 0.25) is 0 Å². The van der Waals surface area contributed by atoms with Crippen LogP contribution >= 0.6 is 0 Å². The van der Waals surface area contributed by atoms with Gasteiger partial charge < -0.3 is 10.6 Å². The van der Waals surface area contributed by atoms with Gasteiger partial charge in [-0.25, -0.2) is 9.97 Å². The number of rotatable bonds is 5. The van der Waals surface area contributed by atoms with Crippen molar-refractivity contribution < 1.29 is 0 Å². The monoisotopic (exact) mass is 269 g/mol. The highest BCUT2D eigenvalue weighted by molar-refractivity contribution is 5.57. The van der Waals surface area contributed by atoms with Crippen LogP contribution in [0.15, 0.2) is 24.5 Å². The molecule has 104 valence electrons. The number of nitrogens with zero attached hydrogens (tertiary/aromatic N) is 3. The highest BCUT2D eigenvalue weighted by Crippen LogP contribution is 2.39. The molecule has 0 amide bonds. The fourth-order valence-electron chi connectivity index (χ4n) is 2.16. The molecular weight excluding hydrogens is 250 g/mol. The minimum absolute atomic E-state index is 0.546. The summed E-state index contributed by atoms with van der Waals surface area (Å²) in [6, 6.07) is 4.01. The molecule has 20 heavy (non-hydrogen) atoms. The van der Waals surface area contributed by atoms with Crippen LogP contribution in [-0.4, -0.2) is 22.0 Å². The van der Waals surface area contributed by atoms with Crippen LogP contribution in [0.25, 0.3) is 0 Å². The first-order chi connectivity index (χ1) is 9.78. The van der Waals surface area contributed by atoms with E-state index in [4.69, 9.17) is 0 Å². The molecule has 1 aliphatic carbocycles. The second kappa shape index (κ2) is 5.45. The lowest BCUT2D eigenvalue weighted by atomic mass is 10.2. The van der Waals surface area contributed by atoms with Crippen molar-refractivity contribution in [2.24, 2.45) is 0 Å². The number of hydrogen-bond acceptors (Lipinski definition) is 5. The maximum atomic E-state index is 4.68. The van der Waals surface area contributed by atoms with E-state index in [1.807, 2.05) is 26.1 Å². The Morgan fingerprint density at radius 3 is 2.50 bits per heavy atom. The topological polar surface area (TPSA) is 62.7 Å². The van der Waals surface area contributed by atoms with Gasteiger partial charge in [-0.3, -0.25) is 4.98 Å². The standard InChI is InChI=1S/C15H19N5/c1-10-13(16-2)19-15(12-3-4-12)20-14(10)18-9-11-5-7-17-8-6-11/h5-8,12H,3-4,9H2,1-2H3,(H2,16,18,19,20). The Bertz CT molecular complexity index is 593. The maximum Gasteiger partial charge on any atom is 0.136 e. The number of aromatic nitrogens is 3. The Balaban J connectivity index is 1.82. The Hall–Kier alpha value is -2.17. The summed E-state index contributed by atoms with van der Waals surface area (Å²) >= 11 is 0. The predicted molar refractivity (Wildman–Crippen MR) is 79.9 cm³/mol. The molecule has 2 N–H and O–H groups in total. The number of anilines is 2. The summed E-state index contributed by atoms with van der Waals surface area (Å²) in [5.41, 5.74) is 2.25. The molecule has 5 nitrogen and oxygen atoms in total. The van der Waals surface area contributed by atoms with Crippen molar-refractivity contribution in [3.63, 3.8) is 0 Å². The molecule has 2 heterocycles. The number of nitrogens with one attached hydrogen (secondary N) is 2. The van der Waals surface area contributed by atoms with Crippen LogP contribution in [-0.2, 0) is 6.54 Å². The van der Waals surface area contributed by atoms with E-state index in [2.05, 4.69) is 25.6 Å². The molecule has 1 aliphatic rings. The smallest absolute Gasteiger partial charge is 0.136 e. The van der Waals surface area contributed by atoms with Crippen molar-refractivity contribution in [3.8, 4) is 0 Å². The molecule has 0 bridgehead atoms. The van der Waals surface area contributed by atoms with E-state index in [1.54, 1.807) is 12.4 Å². The van der Waals surface area contributed by atoms with Gasteiger partial charge in [0.1, 0.15) is 17.5 Å². The molecule has 2 aromatic rings. The Morgan fingerprint density at radius 2 is 1.85 bits per heavy atom. The van der Waals surface area contributed by atoms with Crippen molar-refractivity contribution >= 4 is 11.6 Å². The van der Waals surface area contributed by atoms with Gasteiger partial charge in [-0.05, 0) is 37.5 Å². The van der Waals surface area contributed by atoms with Gasteiger partial charge in [-0.1, -0.05) is 0 Å². The van der Waals surface area contributed by atoms with Crippen LogP contribution in [0, 0.1) is 6.92 Å². The lowest BCUT2D eigenvalue weighted by Crippen LogP contribution is -2.09. The van der Waals surface area contributed by atoms with Crippen LogP contribution in [0.3, 0.4) is 0 Å². The van der Waals surface area contributed by atoms with E-state index in [-0.39, 0.29) is 0 Å². The third kappa shape index (κ3) is 2.71. The average Bonchev–Trinajstić information content (AvgIpc) is 3.32. The molecule has 5 heteroatoms. The van der Waals surface area contributed by atoms with Gasteiger partial charge in [-0.2, -0.15) is 0 Å². The first-order valence-corrected chi connectivity index (χ1v) is 6.97. The molecule has 1 saturated carbocycles. The van der Waals surface area contributed by atoms with Crippen LogP contribution in [0.1, 0.15) is 35.7 Å². The summed E-state index contributed by atoms with van der Waals surface area (Å²) in [6.45, 7) is 2.78. The molecule has 0 unspecified atom stereocenters. The minimum atomic E-state index is 0.546. The molecule has 0 aromatic carbocycles. The van der Waals surface area contributed by atoms with E-state index in [1.165, 1.54) is 18.4 Å². The quantitative estimate of drug-likeness (QED) is 0.874. The SMILES string of the molecule is CNc1nc(C2CC2)nc(NCc2ccncc2)c1C. The summed E-state index contributed by atoms with van der Waals surface area (Å²) in [6.07, 6.45) is 6.02. The highest BCUT2D eigenvalue weighted by Gasteiger charge is 2.28. The Kier molecular flexibility index (Phi) is 3.50. The molecule has 0 atom stereocenters. The van der Waals surface area contributed by atoms with Gasteiger partial charge >= 0.3 is 0 Å². The summed E-state index contributed by atoms with van der Waals surface area (Å²) in [7, 11) is 1.90. The minimum Gasteiger partial charge on any atom is -0.373 e. The van der Waals surface area contributed by atoms with Crippen molar-refractivity contribution in [1.82, 2.24) is 15.0 Å². The zero-order chi connectivity index (χ0) is 13.9. The molecule has 0 radical (unpaired) electrons. The van der Waals surface area contributed by atoms with Gasteiger partial charge in [0.25, 0.3) is 0 Å². The maximum absolute atomic E-state index is 4.68. The number of pyridine rings is 1. The Morgan fingerprint density at radius 1 is 1.15 bits per heavy atom. The Labute approximate surface area is 118 Å². The van der Waals surface area contributed by atoms with Crippen LogP contribution in [0.4, 0.5) is 11.6 Å². The lowest BCUT2D eigenvalue weighted by Gasteiger charge is -2.13. The molecule has 2 aromatic heterocycles. The summed E-state index contributed by atoms with van der Waals surface area (Å²) in [5.74, 6) is 3.34. The van der Waals surface area contributed by atoms with Crippen molar-refractivity contribution in [2.75, 3.05) is 17.7 Å². The molecule has 1 fully saturated rings. The fraction of sp³-hybridized carbons (Fsp3) is 0.400. The summed E-state index contributed by atoms with van der Waals surface area (Å²) in [5, 5.41) is 6.56. The zero-order valence-electron chi connectivity index (χ0n) is 11.8. The van der Waals surface area contributed by atoms with Crippen LogP contribution in [0.5, 0.6) is 0 Å². The molecule has 0 saturated heterocycles.